The molecule has 0 bridgehead atoms. The van der Waals surface area contributed by atoms with Gasteiger partial charge < -0.3 is 10.5 Å². The number of rotatable bonds is 4. The number of ether oxygens (including phenoxy) is 1. The van der Waals surface area contributed by atoms with Crippen LogP contribution in [-0.4, -0.2) is 23.7 Å². The number of ketones is 1. The fourth-order valence-corrected chi connectivity index (χ4v) is 3.12. The van der Waals surface area contributed by atoms with Crippen molar-refractivity contribution in [3.05, 3.63) is 75.5 Å². The summed E-state index contributed by atoms with van der Waals surface area (Å²) < 4.78 is 5.12. The largest absolute Gasteiger partial charge is 0.497 e. The molecule has 2 aromatic carbocycles. The molecule has 0 unspecified atom stereocenters. The molecule has 0 saturated carbocycles. The van der Waals surface area contributed by atoms with E-state index >= 15 is 0 Å². The highest BCUT2D eigenvalue weighted by Gasteiger charge is 2.45. The minimum Gasteiger partial charge on any atom is -0.497 e. The highest BCUT2D eigenvalue weighted by Crippen LogP contribution is 2.41. The van der Waals surface area contributed by atoms with E-state index in [4.69, 9.17) is 10.5 Å². The van der Waals surface area contributed by atoms with Crippen molar-refractivity contribution in [1.82, 2.24) is 0 Å². The Balaban J connectivity index is 2.19. The van der Waals surface area contributed by atoms with E-state index < -0.39 is 22.7 Å². The first-order valence-electron chi connectivity index (χ1n) is 8.07. The van der Waals surface area contributed by atoms with Gasteiger partial charge in [-0.2, -0.15) is 0 Å². The first-order chi connectivity index (χ1) is 12.8. The lowest BCUT2D eigenvalue weighted by molar-refractivity contribution is -0.384. The number of carbonyl (C=O) groups is 2. The summed E-state index contributed by atoms with van der Waals surface area (Å²) in [6.07, 6.45) is 0. The molecule has 0 radical (unpaired) electrons. The third-order valence-corrected chi connectivity index (χ3v) is 4.36. The summed E-state index contributed by atoms with van der Waals surface area (Å²) in [7, 11) is 1.52. The maximum absolute atomic E-state index is 12.7. The number of carbonyl (C=O) groups excluding carboxylic acids is 2. The van der Waals surface area contributed by atoms with Crippen molar-refractivity contribution in [3.63, 3.8) is 0 Å². The van der Waals surface area contributed by atoms with Crippen molar-refractivity contribution < 1.29 is 19.2 Å². The number of nitrogens with zero attached hydrogens (tertiary/aromatic N) is 2. The molecule has 1 atom stereocenters. The number of nitrogens with two attached hydrogens (primary N) is 1. The maximum Gasteiger partial charge on any atom is 0.300 e. The van der Waals surface area contributed by atoms with Crippen LogP contribution in [0.2, 0.25) is 0 Å². The number of methoxy groups -OCH3 is 1. The van der Waals surface area contributed by atoms with Crippen LogP contribution in [0, 0.1) is 10.1 Å². The fraction of sp³-hybridized carbons (Fsp3) is 0.158. The Morgan fingerprint density at radius 3 is 2.41 bits per heavy atom. The first-order valence-corrected chi connectivity index (χ1v) is 8.07. The molecule has 1 aliphatic rings. The molecular weight excluding hydrogens is 350 g/mol. The third kappa shape index (κ3) is 3.12. The molecule has 138 valence electrons. The zero-order chi connectivity index (χ0) is 19.7. The van der Waals surface area contributed by atoms with Gasteiger partial charge in [-0.25, -0.2) is 0 Å². The second kappa shape index (κ2) is 6.91. The van der Waals surface area contributed by atoms with Crippen LogP contribution in [-0.2, 0) is 9.59 Å². The molecule has 0 aliphatic carbocycles. The fourth-order valence-electron chi connectivity index (χ4n) is 3.12. The van der Waals surface area contributed by atoms with E-state index in [1.54, 1.807) is 30.3 Å². The lowest BCUT2D eigenvalue weighted by Gasteiger charge is -2.25. The smallest absolute Gasteiger partial charge is 0.300 e. The molecule has 1 saturated heterocycles. The highest BCUT2D eigenvalue weighted by atomic mass is 16.6. The van der Waals surface area contributed by atoms with Gasteiger partial charge in [-0.1, -0.05) is 12.1 Å². The van der Waals surface area contributed by atoms with Crippen LogP contribution < -0.4 is 15.4 Å². The molecule has 2 aromatic rings. The average Bonchev–Trinajstić information content (AvgIpc) is 2.93. The average molecular weight is 367 g/mol. The molecule has 8 heteroatoms. The number of Topliss-reactive ketones (excluding diaryl/α,β-unsaturated/α-hetero) is 1. The normalized spacial score (nSPS) is 18.6. The van der Waals surface area contributed by atoms with E-state index in [2.05, 4.69) is 0 Å². The number of hydrogen-bond donors (Lipinski definition) is 1. The summed E-state index contributed by atoms with van der Waals surface area (Å²) in [5.74, 6) is -0.867. The van der Waals surface area contributed by atoms with Gasteiger partial charge in [0.05, 0.1) is 23.6 Å². The van der Waals surface area contributed by atoms with Crippen LogP contribution in [0.15, 0.2) is 59.8 Å². The minimum atomic E-state index is -0.844. The number of non-ortho nitro benzene ring substituents is 1. The number of nitro groups is 1. The molecular formula is C19H17N3O5. The maximum atomic E-state index is 12.7. The molecule has 0 spiro atoms. The Kier molecular flexibility index (Phi) is 4.64. The third-order valence-electron chi connectivity index (χ3n) is 4.36. The van der Waals surface area contributed by atoms with Crippen molar-refractivity contribution in [3.8, 4) is 5.75 Å². The van der Waals surface area contributed by atoms with Crippen molar-refractivity contribution in [1.29, 1.82) is 0 Å². The van der Waals surface area contributed by atoms with E-state index in [0.29, 0.717) is 17.0 Å². The van der Waals surface area contributed by atoms with Crippen LogP contribution in [0.1, 0.15) is 18.5 Å². The Morgan fingerprint density at radius 1 is 1.19 bits per heavy atom. The second-order valence-electron chi connectivity index (χ2n) is 6.05. The quantitative estimate of drug-likeness (QED) is 0.384. The van der Waals surface area contributed by atoms with Crippen molar-refractivity contribution >= 4 is 23.1 Å². The molecule has 1 heterocycles. The minimum absolute atomic E-state index is 0.122. The molecule has 1 amide bonds. The summed E-state index contributed by atoms with van der Waals surface area (Å²) in [5, 5.41) is 11.1. The summed E-state index contributed by atoms with van der Waals surface area (Å²) in [5.41, 5.74) is 6.96. The lowest BCUT2D eigenvalue weighted by atomic mass is 9.96. The Labute approximate surface area is 155 Å². The van der Waals surface area contributed by atoms with E-state index in [-0.39, 0.29) is 17.0 Å². The van der Waals surface area contributed by atoms with Gasteiger partial charge in [-0.15, -0.1) is 0 Å². The summed E-state index contributed by atoms with van der Waals surface area (Å²) >= 11 is 0. The number of allylic oxidation sites excluding steroid dienone is 1. The molecule has 1 fully saturated rings. The van der Waals surface area contributed by atoms with Crippen molar-refractivity contribution in [2.45, 2.75) is 13.0 Å². The van der Waals surface area contributed by atoms with E-state index in [0.717, 1.165) is 0 Å². The monoisotopic (exact) mass is 367 g/mol. The van der Waals surface area contributed by atoms with Crippen LogP contribution >= 0.6 is 0 Å². The van der Waals surface area contributed by atoms with E-state index in [1.807, 2.05) is 0 Å². The summed E-state index contributed by atoms with van der Waals surface area (Å²) in [6.45, 7) is 1.53. The second-order valence-corrected chi connectivity index (χ2v) is 6.05. The standard InChI is InChI=1S/C19H17N3O5/c1-11(20)16-17(12-4-3-5-14(10-12)22(25)26)21(19(24)18(16)23)13-6-8-15(27-2)9-7-13/h3-10,17H,20H2,1-2H3/b16-11+/t17-/m0/s1. The van der Waals surface area contributed by atoms with Gasteiger partial charge in [0.25, 0.3) is 17.4 Å². The van der Waals surface area contributed by atoms with Crippen molar-refractivity contribution in [2.75, 3.05) is 12.0 Å². The molecule has 2 N–H and O–H groups in total. The number of anilines is 1. The topological polar surface area (TPSA) is 116 Å². The van der Waals surface area contributed by atoms with Crippen LogP contribution in [0.5, 0.6) is 5.75 Å². The van der Waals surface area contributed by atoms with E-state index in [9.17, 15) is 19.7 Å². The predicted molar refractivity (Wildman–Crippen MR) is 98.2 cm³/mol. The molecule has 27 heavy (non-hydrogen) atoms. The SMILES string of the molecule is COc1ccc(N2C(=O)C(=O)/C(=C(\C)N)[C@@H]2c2cccc([N+](=O)[O-])c2)cc1. The zero-order valence-electron chi connectivity index (χ0n) is 14.7. The van der Waals surface area contributed by atoms with E-state index in [1.165, 1.54) is 37.1 Å². The van der Waals surface area contributed by atoms with Gasteiger partial charge in [0.15, 0.2) is 0 Å². The molecule has 1 aliphatic heterocycles. The Bertz CT molecular complexity index is 962. The van der Waals surface area contributed by atoms with Crippen LogP contribution in [0.25, 0.3) is 0 Å². The van der Waals surface area contributed by atoms with Crippen molar-refractivity contribution in [2.24, 2.45) is 5.73 Å². The van der Waals surface area contributed by atoms with Gasteiger partial charge in [0, 0.05) is 23.5 Å². The molecule has 8 nitrogen and oxygen atoms in total. The van der Waals surface area contributed by atoms with Gasteiger partial charge in [0.1, 0.15) is 5.75 Å². The van der Waals surface area contributed by atoms with Gasteiger partial charge in [0.2, 0.25) is 0 Å². The number of benzene rings is 2. The Morgan fingerprint density at radius 2 is 1.85 bits per heavy atom. The lowest BCUT2D eigenvalue weighted by Crippen LogP contribution is -2.29. The van der Waals surface area contributed by atoms with Crippen LogP contribution in [0.3, 0.4) is 0 Å². The zero-order valence-corrected chi connectivity index (χ0v) is 14.7. The highest BCUT2D eigenvalue weighted by molar-refractivity contribution is 6.50. The Hall–Kier alpha value is -3.68. The molecule has 0 aromatic heterocycles. The first kappa shape index (κ1) is 18.1. The van der Waals surface area contributed by atoms with Crippen LogP contribution in [0.4, 0.5) is 11.4 Å². The summed E-state index contributed by atoms with van der Waals surface area (Å²) in [6, 6.07) is 11.6. The number of hydrogen-bond acceptors (Lipinski definition) is 6. The van der Waals surface area contributed by atoms with Gasteiger partial charge >= 0.3 is 0 Å². The van der Waals surface area contributed by atoms with Gasteiger partial charge in [-0.05, 0) is 36.8 Å². The predicted octanol–water partition coefficient (Wildman–Crippen LogP) is 2.49. The number of amides is 1. The van der Waals surface area contributed by atoms with Gasteiger partial charge in [-0.3, -0.25) is 24.6 Å². The number of nitro benzene ring substituents is 1. The molecule has 3 rings (SSSR count). The summed E-state index contributed by atoms with van der Waals surface area (Å²) in [4.78, 5) is 37.2.